The maximum Gasteiger partial charge on any atom is 0.270 e. The summed E-state index contributed by atoms with van der Waals surface area (Å²) in [6.07, 6.45) is 1.60. The molecule has 1 heterocycles. The second-order valence-electron chi connectivity index (χ2n) is 6.11. The minimum atomic E-state index is -0.477. The van der Waals surface area contributed by atoms with Crippen molar-refractivity contribution in [2.75, 3.05) is 4.90 Å². The summed E-state index contributed by atoms with van der Waals surface area (Å²) in [4.78, 5) is 26.4. The molecule has 0 atom stereocenters. The highest BCUT2D eigenvalue weighted by Gasteiger charge is 2.34. The van der Waals surface area contributed by atoms with Gasteiger partial charge in [-0.05, 0) is 47.5 Å². The number of para-hydroxylation sites is 1. The molecule has 3 rings (SSSR count). The summed E-state index contributed by atoms with van der Waals surface area (Å²) in [6.45, 7) is 4.23. The van der Waals surface area contributed by atoms with E-state index < -0.39 is 11.8 Å². The van der Waals surface area contributed by atoms with Crippen LogP contribution in [0.2, 0.25) is 0 Å². The second-order valence-corrected chi connectivity index (χ2v) is 6.50. The molecule has 4 nitrogen and oxygen atoms in total. The van der Waals surface area contributed by atoms with E-state index in [1.165, 1.54) is 10.5 Å². The van der Waals surface area contributed by atoms with Crippen LogP contribution in [-0.4, -0.2) is 16.9 Å². The molecule has 2 aromatic carbocycles. The standard InChI is InChI=1S/C20H18N2O2S/c1-13(2)15-10-8-14(9-11-15)12-17-18(23)21-20(25)22(19(17)24)16-6-4-3-5-7-16/h3-13H,1-2H3,(H,21,23,25)/b17-12-. The van der Waals surface area contributed by atoms with Crippen molar-refractivity contribution in [3.05, 3.63) is 71.3 Å². The molecule has 1 aliphatic rings. The smallest absolute Gasteiger partial charge is 0.270 e. The fraction of sp³-hybridized carbons (Fsp3) is 0.150. The van der Waals surface area contributed by atoms with E-state index in [-0.39, 0.29) is 10.7 Å². The van der Waals surface area contributed by atoms with E-state index in [0.717, 1.165) is 5.56 Å². The molecule has 0 bridgehead atoms. The van der Waals surface area contributed by atoms with Crippen molar-refractivity contribution in [3.8, 4) is 0 Å². The Morgan fingerprint density at radius 1 is 1.00 bits per heavy atom. The monoisotopic (exact) mass is 350 g/mol. The fourth-order valence-electron chi connectivity index (χ4n) is 2.61. The van der Waals surface area contributed by atoms with Gasteiger partial charge in [0.1, 0.15) is 5.57 Å². The molecule has 5 heteroatoms. The van der Waals surface area contributed by atoms with Gasteiger partial charge in [0.05, 0.1) is 5.69 Å². The number of hydrogen-bond donors (Lipinski definition) is 1. The number of thiocarbonyl (C=S) groups is 1. The van der Waals surface area contributed by atoms with Crippen LogP contribution in [-0.2, 0) is 9.59 Å². The third-order valence-corrected chi connectivity index (χ3v) is 4.31. The molecular formula is C20H18N2O2S. The lowest BCUT2D eigenvalue weighted by Crippen LogP contribution is -2.54. The molecule has 0 aromatic heterocycles. The first-order chi connectivity index (χ1) is 12.0. The lowest BCUT2D eigenvalue weighted by atomic mass is 10.0. The van der Waals surface area contributed by atoms with Gasteiger partial charge < -0.3 is 0 Å². The third kappa shape index (κ3) is 3.51. The molecule has 1 fully saturated rings. The minimum Gasteiger partial charge on any atom is -0.298 e. The molecule has 126 valence electrons. The van der Waals surface area contributed by atoms with Gasteiger partial charge in [0.2, 0.25) is 0 Å². The van der Waals surface area contributed by atoms with Gasteiger partial charge in [0, 0.05) is 0 Å². The first-order valence-corrected chi connectivity index (χ1v) is 8.44. The van der Waals surface area contributed by atoms with Crippen molar-refractivity contribution in [2.24, 2.45) is 0 Å². The molecule has 2 aromatic rings. The van der Waals surface area contributed by atoms with Crippen molar-refractivity contribution in [3.63, 3.8) is 0 Å². The van der Waals surface area contributed by atoms with Gasteiger partial charge in [-0.1, -0.05) is 56.3 Å². The van der Waals surface area contributed by atoms with Crippen LogP contribution in [0.15, 0.2) is 60.2 Å². The van der Waals surface area contributed by atoms with Crippen LogP contribution in [0, 0.1) is 0 Å². The van der Waals surface area contributed by atoms with Crippen molar-refractivity contribution in [1.29, 1.82) is 0 Å². The molecule has 1 aliphatic heterocycles. The average molecular weight is 350 g/mol. The second kappa shape index (κ2) is 6.99. The molecular weight excluding hydrogens is 332 g/mol. The first-order valence-electron chi connectivity index (χ1n) is 8.04. The summed E-state index contributed by atoms with van der Waals surface area (Å²) in [5.41, 5.74) is 2.69. The third-order valence-electron chi connectivity index (χ3n) is 4.03. The van der Waals surface area contributed by atoms with Gasteiger partial charge in [-0.25, -0.2) is 0 Å². The predicted octanol–water partition coefficient (Wildman–Crippen LogP) is 3.64. The van der Waals surface area contributed by atoms with Crippen LogP contribution < -0.4 is 10.2 Å². The lowest BCUT2D eigenvalue weighted by molar-refractivity contribution is -0.122. The molecule has 1 saturated heterocycles. The summed E-state index contributed by atoms with van der Waals surface area (Å²) in [7, 11) is 0. The Morgan fingerprint density at radius 3 is 2.24 bits per heavy atom. The van der Waals surface area contributed by atoms with Crippen LogP contribution in [0.4, 0.5) is 5.69 Å². The van der Waals surface area contributed by atoms with E-state index >= 15 is 0 Å². The molecule has 25 heavy (non-hydrogen) atoms. The SMILES string of the molecule is CC(C)c1ccc(/C=C2/C(=O)NC(=S)N(c3ccccc3)C2=O)cc1. The number of benzene rings is 2. The highest BCUT2D eigenvalue weighted by molar-refractivity contribution is 7.80. The normalized spacial score (nSPS) is 16.5. The van der Waals surface area contributed by atoms with Crippen LogP contribution >= 0.6 is 12.2 Å². The Morgan fingerprint density at radius 2 is 1.64 bits per heavy atom. The van der Waals surface area contributed by atoms with Crippen molar-refractivity contribution in [1.82, 2.24) is 5.32 Å². The van der Waals surface area contributed by atoms with E-state index in [1.807, 2.05) is 42.5 Å². The number of nitrogens with one attached hydrogen (secondary N) is 1. The quantitative estimate of drug-likeness (QED) is 0.522. The largest absolute Gasteiger partial charge is 0.298 e. The van der Waals surface area contributed by atoms with E-state index in [4.69, 9.17) is 12.2 Å². The maximum absolute atomic E-state index is 12.8. The predicted molar refractivity (Wildman–Crippen MR) is 103 cm³/mol. The molecule has 0 radical (unpaired) electrons. The average Bonchev–Trinajstić information content (AvgIpc) is 2.60. The van der Waals surface area contributed by atoms with Gasteiger partial charge in [0.15, 0.2) is 5.11 Å². The maximum atomic E-state index is 12.8. The van der Waals surface area contributed by atoms with Crippen LogP contribution in [0.1, 0.15) is 30.9 Å². The number of hydrogen-bond acceptors (Lipinski definition) is 3. The van der Waals surface area contributed by atoms with E-state index in [2.05, 4.69) is 19.2 Å². The highest BCUT2D eigenvalue weighted by atomic mass is 32.1. The van der Waals surface area contributed by atoms with Crippen molar-refractivity contribution in [2.45, 2.75) is 19.8 Å². The van der Waals surface area contributed by atoms with Crippen LogP contribution in [0.3, 0.4) is 0 Å². The Kier molecular flexibility index (Phi) is 4.76. The van der Waals surface area contributed by atoms with Gasteiger partial charge >= 0.3 is 0 Å². The van der Waals surface area contributed by atoms with Gasteiger partial charge in [-0.3, -0.25) is 19.8 Å². The zero-order chi connectivity index (χ0) is 18.0. The van der Waals surface area contributed by atoms with Crippen molar-refractivity contribution >= 4 is 40.9 Å². The number of rotatable bonds is 3. The van der Waals surface area contributed by atoms with Crippen LogP contribution in [0.25, 0.3) is 6.08 Å². The summed E-state index contributed by atoms with van der Waals surface area (Å²) in [5.74, 6) is -0.477. The topological polar surface area (TPSA) is 49.4 Å². The molecule has 2 amide bonds. The lowest BCUT2D eigenvalue weighted by Gasteiger charge is -2.28. The number of carbonyl (C=O) groups excluding carboxylic acids is 2. The summed E-state index contributed by atoms with van der Waals surface area (Å²) < 4.78 is 0. The molecule has 0 unspecified atom stereocenters. The van der Waals surface area contributed by atoms with Crippen molar-refractivity contribution < 1.29 is 9.59 Å². The molecule has 1 N–H and O–H groups in total. The molecule has 0 aliphatic carbocycles. The summed E-state index contributed by atoms with van der Waals surface area (Å²) >= 11 is 5.17. The Hall–Kier alpha value is -2.79. The number of carbonyl (C=O) groups is 2. The van der Waals surface area contributed by atoms with Gasteiger partial charge in [0.25, 0.3) is 11.8 Å². The van der Waals surface area contributed by atoms with E-state index in [0.29, 0.717) is 11.6 Å². The van der Waals surface area contributed by atoms with Gasteiger partial charge in [-0.15, -0.1) is 0 Å². The summed E-state index contributed by atoms with van der Waals surface area (Å²) in [5, 5.41) is 2.68. The van der Waals surface area contributed by atoms with E-state index in [9.17, 15) is 9.59 Å². The van der Waals surface area contributed by atoms with Gasteiger partial charge in [-0.2, -0.15) is 0 Å². The van der Waals surface area contributed by atoms with E-state index in [1.54, 1.807) is 18.2 Å². The number of anilines is 1. The summed E-state index contributed by atoms with van der Waals surface area (Å²) in [6, 6.07) is 16.8. The Bertz CT molecular complexity index is 855. The molecule has 0 saturated carbocycles. The minimum absolute atomic E-state index is 0.0646. The zero-order valence-electron chi connectivity index (χ0n) is 14.0. The zero-order valence-corrected chi connectivity index (χ0v) is 14.8. The first kappa shape index (κ1) is 17.0. The highest BCUT2D eigenvalue weighted by Crippen LogP contribution is 2.22. The Labute approximate surface area is 152 Å². The number of amides is 2. The molecule has 0 spiro atoms. The number of nitrogens with zero attached hydrogens (tertiary/aromatic N) is 1. The van der Waals surface area contributed by atoms with Crippen LogP contribution in [0.5, 0.6) is 0 Å². The Balaban J connectivity index is 1.96. The fourth-order valence-corrected chi connectivity index (χ4v) is 2.89.